The Morgan fingerprint density at radius 2 is 1.84 bits per heavy atom. The highest BCUT2D eigenvalue weighted by atomic mass is 16.5. The molecule has 0 aliphatic heterocycles. The number of carbonyl (C=O) groups is 1. The Labute approximate surface area is 148 Å². The molecular formula is C21H23NO3. The number of carbonyl (C=O) groups excluding carboxylic acids is 1. The lowest BCUT2D eigenvalue weighted by Crippen LogP contribution is -1.99. The Kier molecular flexibility index (Phi) is 6.40. The molecule has 0 atom stereocenters. The number of hydrogen-bond acceptors (Lipinski definition) is 4. The van der Waals surface area contributed by atoms with Gasteiger partial charge < -0.3 is 14.8 Å². The van der Waals surface area contributed by atoms with Crippen LogP contribution in [-0.2, 0) is 6.42 Å². The first kappa shape index (κ1) is 18.3. The van der Waals surface area contributed by atoms with Crippen molar-refractivity contribution in [3.05, 3.63) is 71.8 Å². The first-order chi connectivity index (χ1) is 12.1. The molecule has 0 bridgehead atoms. The lowest BCUT2D eigenvalue weighted by molar-refractivity contribution is 0.104. The Bertz CT molecular complexity index is 776. The zero-order chi connectivity index (χ0) is 18.2. The molecule has 0 aliphatic carbocycles. The molecule has 0 aromatic heterocycles. The molecule has 2 rings (SSSR count). The SMILES string of the molecule is C=CCc1ccc(OC)c(/C=C/C(=O)c2ccc(NC)cc2)c1OC. The van der Waals surface area contributed by atoms with Gasteiger partial charge in [0, 0.05) is 18.3 Å². The average Bonchev–Trinajstić information content (AvgIpc) is 2.66. The van der Waals surface area contributed by atoms with Gasteiger partial charge in [-0.05, 0) is 54.5 Å². The number of hydrogen-bond donors (Lipinski definition) is 1. The maximum absolute atomic E-state index is 12.4. The lowest BCUT2D eigenvalue weighted by Gasteiger charge is -2.14. The first-order valence-corrected chi connectivity index (χ1v) is 7.99. The van der Waals surface area contributed by atoms with Crippen LogP contribution in [0.1, 0.15) is 21.5 Å². The molecule has 0 saturated carbocycles. The van der Waals surface area contributed by atoms with Crippen molar-refractivity contribution in [1.82, 2.24) is 0 Å². The second kappa shape index (κ2) is 8.73. The summed E-state index contributed by atoms with van der Waals surface area (Å²) in [6.07, 6.45) is 5.75. The summed E-state index contributed by atoms with van der Waals surface area (Å²) in [6, 6.07) is 11.1. The van der Waals surface area contributed by atoms with Gasteiger partial charge in [-0.25, -0.2) is 0 Å². The minimum Gasteiger partial charge on any atom is -0.496 e. The maximum atomic E-state index is 12.4. The number of rotatable bonds is 8. The van der Waals surface area contributed by atoms with Gasteiger partial charge >= 0.3 is 0 Å². The molecular weight excluding hydrogens is 314 g/mol. The summed E-state index contributed by atoms with van der Waals surface area (Å²) < 4.78 is 11.0. The van der Waals surface area contributed by atoms with Crippen molar-refractivity contribution < 1.29 is 14.3 Å². The van der Waals surface area contributed by atoms with Gasteiger partial charge in [-0.2, -0.15) is 0 Å². The van der Waals surface area contributed by atoms with E-state index in [4.69, 9.17) is 9.47 Å². The van der Waals surface area contributed by atoms with E-state index in [2.05, 4.69) is 11.9 Å². The van der Waals surface area contributed by atoms with Crippen LogP contribution < -0.4 is 14.8 Å². The second-order valence-corrected chi connectivity index (χ2v) is 5.39. The van der Waals surface area contributed by atoms with Crippen LogP contribution in [0.2, 0.25) is 0 Å². The molecule has 0 radical (unpaired) electrons. The Morgan fingerprint density at radius 3 is 2.40 bits per heavy atom. The summed E-state index contributed by atoms with van der Waals surface area (Å²) in [5.74, 6) is 1.26. The molecule has 0 unspecified atom stereocenters. The topological polar surface area (TPSA) is 47.6 Å². The molecule has 4 heteroatoms. The van der Waals surface area contributed by atoms with E-state index in [1.807, 2.05) is 37.4 Å². The van der Waals surface area contributed by atoms with Gasteiger partial charge in [0.2, 0.25) is 0 Å². The van der Waals surface area contributed by atoms with Gasteiger partial charge in [0.05, 0.1) is 19.8 Å². The van der Waals surface area contributed by atoms with Crippen LogP contribution >= 0.6 is 0 Å². The maximum Gasteiger partial charge on any atom is 0.185 e. The number of nitrogens with one attached hydrogen (secondary N) is 1. The van der Waals surface area contributed by atoms with Crippen molar-refractivity contribution in [2.75, 3.05) is 26.6 Å². The van der Waals surface area contributed by atoms with Gasteiger partial charge in [0.25, 0.3) is 0 Å². The van der Waals surface area contributed by atoms with Crippen LogP contribution in [0.15, 0.2) is 55.1 Å². The van der Waals surface area contributed by atoms with E-state index in [1.54, 1.807) is 32.4 Å². The normalized spacial score (nSPS) is 10.5. The summed E-state index contributed by atoms with van der Waals surface area (Å²) >= 11 is 0. The summed E-state index contributed by atoms with van der Waals surface area (Å²) in [6.45, 7) is 3.77. The monoisotopic (exact) mass is 337 g/mol. The van der Waals surface area contributed by atoms with Crippen molar-refractivity contribution in [3.63, 3.8) is 0 Å². The molecule has 130 valence electrons. The van der Waals surface area contributed by atoms with E-state index in [0.717, 1.165) is 16.8 Å². The zero-order valence-corrected chi connectivity index (χ0v) is 14.8. The highest BCUT2D eigenvalue weighted by Crippen LogP contribution is 2.34. The number of benzene rings is 2. The molecule has 0 saturated heterocycles. The Morgan fingerprint density at radius 1 is 1.12 bits per heavy atom. The van der Waals surface area contributed by atoms with E-state index >= 15 is 0 Å². The molecule has 0 fully saturated rings. The predicted octanol–water partition coefficient (Wildman–Crippen LogP) is 4.37. The third kappa shape index (κ3) is 4.29. The van der Waals surface area contributed by atoms with Gasteiger partial charge in [-0.15, -0.1) is 6.58 Å². The molecule has 2 aromatic rings. The fourth-order valence-corrected chi connectivity index (χ4v) is 2.58. The number of methoxy groups -OCH3 is 2. The number of anilines is 1. The van der Waals surface area contributed by atoms with E-state index in [0.29, 0.717) is 23.5 Å². The molecule has 25 heavy (non-hydrogen) atoms. The van der Waals surface area contributed by atoms with Crippen LogP contribution in [0.5, 0.6) is 11.5 Å². The van der Waals surface area contributed by atoms with Crippen molar-refractivity contribution in [2.24, 2.45) is 0 Å². The fraction of sp³-hybridized carbons (Fsp3) is 0.190. The summed E-state index contributed by atoms with van der Waals surface area (Å²) in [7, 11) is 5.04. The van der Waals surface area contributed by atoms with Crippen LogP contribution in [0.4, 0.5) is 5.69 Å². The molecule has 0 aliphatic rings. The summed E-state index contributed by atoms with van der Waals surface area (Å²) in [5, 5.41) is 3.03. The zero-order valence-electron chi connectivity index (χ0n) is 14.8. The van der Waals surface area contributed by atoms with E-state index in [1.165, 1.54) is 6.08 Å². The van der Waals surface area contributed by atoms with E-state index in [-0.39, 0.29) is 5.78 Å². The summed E-state index contributed by atoms with van der Waals surface area (Å²) in [5.41, 5.74) is 3.31. The number of allylic oxidation sites excluding steroid dienone is 2. The molecule has 0 heterocycles. The van der Waals surface area contributed by atoms with Crippen LogP contribution in [0.25, 0.3) is 6.08 Å². The highest BCUT2D eigenvalue weighted by molar-refractivity contribution is 6.07. The largest absolute Gasteiger partial charge is 0.496 e. The van der Waals surface area contributed by atoms with Gasteiger partial charge in [-0.3, -0.25) is 4.79 Å². The molecule has 1 N–H and O–H groups in total. The Hall–Kier alpha value is -3.01. The van der Waals surface area contributed by atoms with E-state index in [9.17, 15) is 4.79 Å². The van der Waals surface area contributed by atoms with Crippen LogP contribution in [0.3, 0.4) is 0 Å². The number of ether oxygens (including phenoxy) is 2. The van der Waals surface area contributed by atoms with Gasteiger partial charge in [-0.1, -0.05) is 12.1 Å². The fourth-order valence-electron chi connectivity index (χ4n) is 2.58. The molecule has 0 amide bonds. The molecule has 0 spiro atoms. The lowest BCUT2D eigenvalue weighted by atomic mass is 10.0. The second-order valence-electron chi connectivity index (χ2n) is 5.39. The summed E-state index contributed by atoms with van der Waals surface area (Å²) in [4.78, 5) is 12.4. The quantitative estimate of drug-likeness (QED) is 0.441. The minimum atomic E-state index is -0.0825. The van der Waals surface area contributed by atoms with Crippen molar-refractivity contribution in [1.29, 1.82) is 0 Å². The van der Waals surface area contributed by atoms with Crippen LogP contribution in [0, 0.1) is 0 Å². The van der Waals surface area contributed by atoms with Crippen molar-refractivity contribution >= 4 is 17.5 Å². The Balaban J connectivity index is 2.36. The van der Waals surface area contributed by atoms with Gasteiger partial charge in [0.1, 0.15) is 11.5 Å². The molecule has 4 nitrogen and oxygen atoms in total. The smallest absolute Gasteiger partial charge is 0.185 e. The third-order valence-corrected chi connectivity index (χ3v) is 3.89. The first-order valence-electron chi connectivity index (χ1n) is 7.99. The molecule has 2 aromatic carbocycles. The van der Waals surface area contributed by atoms with Crippen LogP contribution in [-0.4, -0.2) is 27.1 Å². The number of ketones is 1. The average molecular weight is 337 g/mol. The van der Waals surface area contributed by atoms with E-state index < -0.39 is 0 Å². The van der Waals surface area contributed by atoms with Crippen molar-refractivity contribution in [3.8, 4) is 11.5 Å². The highest BCUT2D eigenvalue weighted by Gasteiger charge is 2.12. The van der Waals surface area contributed by atoms with Gasteiger partial charge in [0.15, 0.2) is 5.78 Å². The third-order valence-electron chi connectivity index (χ3n) is 3.89. The van der Waals surface area contributed by atoms with Crippen molar-refractivity contribution in [2.45, 2.75) is 6.42 Å². The minimum absolute atomic E-state index is 0.0825. The predicted molar refractivity (Wildman–Crippen MR) is 103 cm³/mol. The standard InChI is InChI=1S/C21H23NO3/c1-5-6-16-9-14-20(24-3)18(21(16)25-4)12-13-19(23)15-7-10-17(22-2)11-8-15/h5,7-14,22H,1,6H2,2-4H3/b13-12+.